The summed E-state index contributed by atoms with van der Waals surface area (Å²) in [6.45, 7) is 4.51. The predicted octanol–water partition coefficient (Wildman–Crippen LogP) is 0.957. The van der Waals surface area contributed by atoms with E-state index >= 15 is 0 Å². The van der Waals surface area contributed by atoms with Gasteiger partial charge in [-0.05, 0) is 0 Å². The SMILES string of the molecule is C/C=C/C(=[Se])N1CCCC1. The molecule has 0 aromatic carbocycles. The third-order valence-electron chi connectivity index (χ3n) is 1.73. The Morgan fingerprint density at radius 2 is 2.00 bits per heavy atom. The fraction of sp³-hybridized carbons (Fsp3) is 0.625. The summed E-state index contributed by atoms with van der Waals surface area (Å²) in [7, 11) is 0. The van der Waals surface area contributed by atoms with Crippen LogP contribution in [-0.2, 0) is 0 Å². The first-order chi connectivity index (χ1) is 4.84. The van der Waals surface area contributed by atoms with Gasteiger partial charge in [0.1, 0.15) is 0 Å². The van der Waals surface area contributed by atoms with Crippen LogP contribution in [0.1, 0.15) is 19.8 Å². The van der Waals surface area contributed by atoms with Crippen LogP contribution in [-0.4, -0.2) is 38.1 Å². The molecule has 1 aliphatic heterocycles. The standard InChI is InChI=1S/C8H13NSe/c1-2-5-8(10)9-6-3-4-7-9/h2,5H,3-4,6-7H2,1H3/b5-2+. The number of allylic oxidation sites excluding steroid dienone is 1. The molecular weight excluding hydrogens is 189 g/mol. The molecule has 1 saturated heterocycles. The van der Waals surface area contributed by atoms with Crippen LogP contribution in [0.5, 0.6) is 0 Å². The Morgan fingerprint density at radius 3 is 2.50 bits per heavy atom. The molecule has 0 aromatic rings. The zero-order valence-electron chi connectivity index (χ0n) is 6.34. The Morgan fingerprint density at radius 1 is 1.40 bits per heavy atom. The second kappa shape index (κ2) is 3.95. The van der Waals surface area contributed by atoms with Crippen LogP contribution < -0.4 is 0 Å². The summed E-state index contributed by atoms with van der Waals surface area (Å²) in [5, 5.41) is 0. The summed E-state index contributed by atoms with van der Waals surface area (Å²) in [6.07, 6.45) is 6.90. The van der Waals surface area contributed by atoms with Crippen molar-refractivity contribution in [3.05, 3.63) is 12.2 Å². The summed E-state index contributed by atoms with van der Waals surface area (Å²) in [6, 6.07) is 0. The van der Waals surface area contributed by atoms with E-state index in [1.165, 1.54) is 30.5 Å². The second-order valence-corrected chi connectivity index (χ2v) is 3.41. The normalized spacial score (nSPS) is 18.7. The van der Waals surface area contributed by atoms with Gasteiger partial charge < -0.3 is 0 Å². The average molecular weight is 202 g/mol. The van der Waals surface area contributed by atoms with E-state index in [4.69, 9.17) is 0 Å². The monoisotopic (exact) mass is 203 g/mol. The molecule has 0 atom stereocenters. The first-order valence-electron chi connectivity index (χ1n) is 3.76. The molecule has 0 radical (unpaired) electrons. The quantitative estimate of drug-likeness (QED) is 0.603. The maximum atomic E-state index is 3.08. The van der Waals surface area contributed by atoms with Gasteiger partial charge in [0, 0.05) is 0 Å². The minimum absolute atomic E-state index is 1.23. The molecule has 1 fully saturated rings. The van der Waals surface area contributed by atoms with Crippen molar-refractivity contribution in [2.75, 3.05) is 13.1 Å². The maximum absolute atomic E-state index is 3.08. The zero-order valence-corrected chi connectivity index (χ0v) is 8.05. The molecular formula is C8H13NSe. The summed E-state index contributed by atoms with van der Waals surface area (Å²) in [4.78, 5) is 2.39. The van der Waals surface area contributed by atoms with Gasteiger partial charge >= 0.3 is 70.0 Å². The number of hydrogen-bond donors (Lipinski definition) is 0. The van der Waals surface area contributed by atoms with Gasteiger partial charge in [0.05, 0.1) is 0 Å². The topological polar surface area (TPSA) is 3.24 Å². The minimum atomic E-state index is 1.23. The van der Waals surface area contributed by atoms with Crippen molar-refractivity contribution in [3.8, 4) is 0 Å². The molecule has 10 heavy (non-hydrogen) atoms. The van der Waals surface area contributed by atoms with E-state index in [2.05, 4.69) is 32.6 Å². The molecule has 56 valence electrons. The summed E-state index contributed by atoms with van der Waals surface area (Å²) < 4.78 is 1.29. The van der Waals surface area contributed by atoms with Crippen LogP contribution in [0.2, 0.25) is 0 Å². The van der Waals surface area contributed by atoms with Crippen molar-refractivity contribution in [1.29, 1.82) is 0 Å². The molecule has 2 heteroatoms. The van der Waals surface area contributed by atoms with Crippen LogP contribution in [0.4, 0.5) is 0 Å². The van der Waals surface area contributed by atoms with Gasteiger partial charge in [-0.15, -0.1) is 0 Å². The fourth-order valence-corrected chi connectivity index (χ4v) is 1.85. The van der Waals surface area contributed by atoms with Gasteiger partial charge in [0.2, 0.25) is 0 Å². The second-order valence-electron chi connectivity index (χ2n) is 2.53. The van der Waals surface area contributed by atoms with Gasteiger partial charge in [-0.2, -0.15) is 0 Å². The molecule has 1 rings (SSSR count). The number of hydrogen-bond acceptors (Lipinski definition) is 1. The van der Waals surface area contributed by atoms with Crippen molar-refractivity contribution >= 4 is 20.1 Å². The number of likely N-dealkylation sites (tertiary alicyclic amines) is 1. The molecule has 0 bridgehead atoms. The number of nitrogens with zero attached hydrogens (tertiary/aromatic N) is 1. The molecule has 1 aliphatic rings. The van der Waals surface area contributed by atoms with Gasteiger partial charge in [0.25, 0.3) is 0 Å². The zero-order chi connectivity index (χ0) is 7.40. The van der Waals surface area contributed by atoms with Gasteiger partial charge in [-0.25, -0.2) is 0 Å². The van der Waals surface area contributed by atoms with Crippen LogP contribution in [0, 0.1) is 0 Å². The Kier molecular flexibility index (Phi) is 3.17. The third-order valence-corrected chi connectivity index (χ3v) is 2.55. The third kappa shape index (κ3) is 1.96. The van der Waals surface area contributed by atoms with Crippen LogP contribution in [0.3, 0.4) is 0 Å². The fourth-order valence-electron chi connectivity index (χ4n) is 1.19. The molecule has 0 N–H and O–H groups in total. The average Bonchev–Trinajstić information content (AvgIpc) is 2.38. The predicted molar refractivity (Wildman–Crippen MR) is 46.4 cm³/mol. The molecule has 0 spiro atoms. The van der Waals surface area contributed by atoms with Crippen LogP contribution >= 0.6 is 0 Å². The van der Waals surface area contributed by atoms with E-state index < -0.39 is 0 Å². The van der Waals surface area contributed by atoms with Crippen molar-refractivity contribution < 1.29 is 0 Å². The van der Waals surface area contributed by atoms with Crippen molar-refractivity contribution in [2.45, 2.75) is 19.8 Å². The Bertz CT molecular complexity index is 145. The van der Waals surface area contributed by atoms with E-state index in [-0.39, 0.29) is 0 Å². The van der Waals surface area contributed by atoms with Crippen molar-refractivity contribution in [1.82, 2.24) is 4.90 Å². The first-order valence-corrected chi connectivity index (χ1v) is 4.62. The molecule has 0 unspecified atom stereocenters. The van der Waals surface area contributed by atoms with Crippen molar-refractivity contribution in [3.63, 3.8) is 0 Å². The van der Waals surface area contributed by atoms with E-state index in [1.54, 1.807) is 0 Å². The molecule has 0 aliphatic carbocycles. The van der Waals surface area contributed by atoms with E-state index in [0.29, 0.717) is 0 Å². The number of rotatable bonds is 2. The van der Waals surface area contributed by atoms with E-state index in [9.17, 15) is 0 Å². The van der Waals surface area contributed by atoms with Crippen LogP contribution in [0.15, 0.2) is 12.2 Å². The van der Waals surface area contributed by atoms with Crippen LogP contribution in [0.25, 0.3) is 0 Å². The Balaban J connectivity index is 2.40. The summed E-state index contributed by atoms with van der Waals surface area (Å²) in [5.74, 6) is 0. The Hall–Kier alpha value is -0.0705. The van der Waals surface area contributed by atoms with E-state index in [1.807, 2.05) is 6.92 Å². The van der Waals surface area contributed by atoms with Crippen molar-refractivity contribution in [2.24, 2.45) is 0 Å². The molecule has 0 amide bonds. The molecule has 0 saturated carbocycles. The molecule has 1 nitrogen and oxygen atoms in total. The molecule has 1 heterocycles. The molecule has 0 aromatic heterocycles. The Labute approximate surface area is 70.5 Å². The first kappa shape index (κ1) is 8.03. The van der Waals surface area contributed by atoms with Gasteiger partial charge in [0.15, 0.2) is 0 Å². The van der Waals surface area contributed by atoms with E-state index in [0.717, 1.165) is 0 Å². The summed E-state index contributed by atoms with van der Waals surface area (Å²) in [5.41, 5.74) is 0. The van der Waals surface area contributed by atoms with Gasteiger partial charge in [-0.1, -0.05) is 0 Å². The van der Waals surface area contributed by atoms with Gasteiger partial charge in [-0.3, -0.25) is 0 Å². The summed E-state index contributed by atoms with van der Waals surface area (Å²) >= 11 is 3.08.